The van der Waals surface area contributed by atoms with Gasteiger partial charge in [0.25, 0.3) is 5.91 Å². The molecule has 3 aromatic rings. The SMILES string of the molecule is Nc1nc(NCc2ccncc2)c(Cl)nc1C(=O)NCCN1CCN(Cc2ccccc2)CC1. The first-order chi connectivity index (χ1) is 16.6. The largest absolute Gasteiger partial charge is 0.382 e. The van der Waals surface area contributed by atoms with Crippen molar-refractivity contribution in [2.75, 3.05) is 50.3 Å². The number of pyridine rings is 1. The van der Waals surface area contributed by atoms with E-state index in [0.717, 1.165) is 44.8 Å². The summed E-state index contributed by atoms with van der Waals surface area (Å²) in [7, 11) is 0. The molecule has 1 aromatic carbocycles. The van der Waals surface area contributed by atoms with Gasteiger partial charge in [0.1, 0.15) is 0 Å². The second kappa shape index (κ2) is 11.7. The van der Waals surface area contributed by atoms with Crippen LogP contribution in [-0.4, -0.2) is 69.9 Å². The second-order valence-corrected chi connectivity index (χ2v) is 8.52. The monoisotopic (exact) mass is 480 g/mol. The zero-order valence-electron chi connectivity index (χ0n) is 19.0. The molecule has 0 saturated carbocycles. The third-order valence-corrected chi connectivity index (χ3v) is 6.00. The van der Waals surface area contributed by atoms with Gasteiger partial charge in [0.15, 0.2) is 22.5 Å². The molecule has 0 unspecified atom stereocenters. The van der Waals surface area contributed by atoms with Crippen LogP contribution in [0.5, 0.6) is 0 Å². The lowest BCUT2D eigenvalue weighted by molar-refractivity contribution is 0.0930. The summed E-state index contributed by atoms with van der Waals surface area (Å²) < 4.78 is 0. The lowest BCUT2D eigenvalue weighted by Crippen LogP contribution is -2.48. The van der Waals surface area contributed by atoms with E-state index in [-0.39, 0.29) is 22.6 Å². The van der Waals surface area contributed by atoms with Gasteiger partial charge < -0.3 is 16.4 Å². The number of carbonyl (C=O) groups is 1. The highest BCUT2D eigenvalue weighted by atomic mass is 35.5. The number of aromatic nitrogens is 3. The van der Waals surface area contributed by atoms with Gasteiger partial charge in [0.2, 0.25) is 0 Å². The third-order valence-electron chi connectivity index (χ3n) is 5.73. The van der Waals surface area contributed by atoms with E-state index in [9.17, 15) is 4.79 Å². The first-order valence-corrected chi connectivity index (χ1v) is 11.7. The molecule has 0 bridgehead atoms. The summed E-state index contributed by atoms with van der Waals surface area (Å²) in [6.45, 7) is 6.66. The number of benzene rings is 1. The van der Waals surface area contributed by atoms with Crippen molar-refractivity contribution in [3.8, 4) is 0 Å². The summed E-state index contributed by atoms with van der Waals surface area (Å²) in [6, 6.07) is 14.3. The summed E-state index contributed by atoms with van der Waals surface area (Å²) >= 11 is 6.24. The number of anilines is 2. The lowest BCUT2D eigenvalue weighted by atomic mass is 10.2. The number of nitrogens with two attached hydrogens (primary N) is 1. The van der Waals surface area contributed by atoms with Crippen LogP contribution in [0.15, 0.2) is 54.9 Å². The summed E-state index contributed by atoms with van der Waals surface area (Å²) in [6.07, 6.45) is 3.41. The van der Waals surface area contributed by atoms with Gasteiger partial charge in [-0.05, 0) is 23.3 Å². The molecular formula is C24H29ClN8O. The Bertz CT molecular complexity index is 1080. The van der Waals surface area contributed by atoms with Crippen molar-refractivity contribution in [3.05, 3.63) is 76.8 Å². The van der Waals surface area contributed by atoms with Crippen LogP contribution in [0.25, 0.3) is 0 Å². The molecule has 1 fully saturated rings. The molecule has 4 N–H and O–H groups in total. The Morgan fingerprint density at radius 1 is 0.971 bits per heavy atom. The number of amides is 1. The number of hydrogen-bond donors (Lipinski definition) is 3. The van der Waals surface area contributed by atoms with Crippen LogP contribution in [0.2, 0.25) is 5.15 Å². The average molecular weight is 481 g/mol. The van der Waals surface area contributed by atoms with E-state index in [1.807, 2.05) is 18.2 Å². The minimum atomic E-state index is -0.379. The molecule has 0 aliphatic carbocycles. The van der Waals surface area contributed by atoms with Crippen LogP contribution < -0.4 is 16.4 Å². The molecule has 1 saturated heterocycles. The highest BCUT2D eigenvalue weighted by Crippen LogP contribution is 2.21. The van der Waals surface area contributed by atoms with Crippen LogP contribution in [0.3, 0.4) is 0 Å². The van der Waals surface area contributed by atoms with Crippen molar-refractivity contribution in [1.29, 1.82) is 0 Å². The number of nitrogens with one attached hydrogen (secondary N) is 2. The highest BCUT2D eigenvalue weighted by molar-refractivity contribution is 6.32. The zero-order chi connectivity index (χ0) is 23.8. The van der Waals surface area contributed by atoms with E-state index >= 15 is 0 Å². The van der Waals surface area contributed by atoms with Crippen LogP contribution >= 0.6 is 11.6 Å². The van der Waals surface area contributed by atoms with Crippen molar-refractivity contribution in [3.63, 3.8) is 0 Å². The maximum atomic E-state index is 12.6. The Morgan fingerprint density at radius 3 is 2.41 bits per heavy atom. The van der Waals surface area contributed by atoms with Crippen molar-refractivity contribution in [1.82, 2.24) is 30.1 Å². The topological polar surface area (TPSA) is 112 Å². The molecule has 1 amide bonds. The Balaban J connectivity index is 1.21. The fourth-order valence-electron chi connectivity index (χ4n) is 3.82. The minimum absolute atomic E-state index is 0.0344. The van der Waals surface area contributed by atoms with E-state index in [0.29, 0.717) is 18.9 Å². The van der Waals surface area contributed by atoms with Gasteiger partial charge in [-0.3, -0.25) is 19.6 Å². The molecule has 9 nitrogen and oxygen atoms in total. The fourth-order valence-corrected chi connectivity index (χ4v) is 4.01. The maximum Gasteiger partial charge on any atom is 0.273 e. The number of hydrogen-bond acceptors (Lipinski definition) is 8. The van der Waals surface area contributed by atoms with Gasteiger partial charge in [-0.2, -0.15) is 0 Å². The van der Waals surface area contributed by atoms with E-state index in [1.54, 1.807) is 12.4 Å². The number of rotatable bonds is 9. The summed E-state index contributed by atoms with van der Waals surface area (Å²) in [5.41, 5.74) is 8.37. The first kappa shape index (κ1) is 23.9. The Morgan fingerprint density at radius 2 is 1.68 bits per heavy atom. The number of piperazine rings is 1. The van der Waals surface area contributed by atoms with Gasteiger partial charge in [0.05, 0.1) is 0 Å². The Kier molecular flexibility index (Phi) is 8.24. The smallest absolute Gasteiger partial charge is 0.273 e. The standard InChI is InChI=1S/C24H29ClN8O/c25-21-23(29-16-18-6-8-27-9-7-18)31-22(26)20(30-21)24(34)28-10-11-32-12-14-33(15-13-32)17-19-4-2-1-3-5-19/h1-9H,10-17H2,(H,28,34)(H3,26,29,31). The first-order valence-electron chi connectivity index (χ1n) is 11.3. The van der Waals surface area contributed by atoms with E-state index in [4.69, 9.17) is 17.3 Å². The lowest BCUT2D eigenvalue weighted by Gasteiger charge is -2.34. The molecule has 4 rings (SSSR count). The third kappa shape index (κ3) is 6.63. The molecule has 1 aliphatic rings. The number of nitrogen functional groups attached to an aromatic ring is 1. The molecule has 10 heteroatoms. The van der Waals surface area contributed by atoms with Crippen molar-refractivity contribution >= 4 is 29.1 Å². The zero-order valence-corrected chi connectivity index (χ0v) is 19.7. The number of carbonyl (C=O) groups excluding carboxylic acids is 1. The normalized spacial score (nSPS) is 14.6. The van der Waals surface area contributed by atoms with Gasteiger partial charge in [-0.15, -0.1) is 0 Å². The molecule has 1 aliphatic heterocycles. The van der Waals surface area contributed by atoms with Gasteiger partial charge in [-0.25, -0.2) is 9.97 Å². The van der Waals surface area contributed by atoms with Gasteiger partial charge >= 0.3 is 0 Å². The molecule has 3 heterocycles. The Hall–Kier alpha value is -3.27. The molecule has 34 heavy (non-hydrogen) atoms. The summed E-state index contributed by atoms with van der Waals surface area (Å²) in [5.74, 6) is -0.00939. The molecule has 2 aromatic heterocycles. The van der Waals surface area contributed by atoms with Crippen molar-refractivity contribution < 1.29 is 4.79 Å². The average Bonchev–Trinajstić information content (AvgIpc) is 2.86. The number of nitrogens with zero attached hydrogens (tertiary/aromatic N) is 5. The predicted molar refractivity (Wildman–Crippen MR) is 134 cm³/mol. The van der Waals surface area contributed by atoms with E-state index in [2.05, 4.69) is 59.7 Å². The van der Waals surface area contributed by atoms with Crippen LogP contribution in [0.1, 0.15) is 21.6 Å². The molecule has 0 spiro atoms. The molecule has 0 atom stereocenters. The summed E-state index contributed by atoms with van der Waals surface area (Å²) in [4.78, 5) is 29.8. The van der Waals surface area contributed by atoms with E-state index < -0.39 is 0 Å². The fraction of sp³-hybridized carbons (Fsp3) is 0.333. The van der Waals surface area contributed by atoms with Crippen molar-refractivity contribution in [2.45, 2.75) is 13.1 Å². The van der Waals surface area contributed by atoms with Crippen LogP contribution in [0, 0.1) is 0 Å². The van der Waals surface area contributed by atoms with Crippen molar-refractivity contribution in [2.24, 2.45) is 0 Å². The van der Waals surface area contributed by atoms with Crippen LogP contribution in [0.4, 0.5) is 11.6 Å². The molecule has 0 radical (unpaired) electrons. The quantitative estimate of drug-likeness (QED) is 0.427. The second-order valence-electron chi connectivity index (χ2n) is 8.17. The minimum Gasteiger partial charge on any atom is -0.382 e. The van der Waals surface area contributed by atoms with E-state index in [1.165, 1.54) is 5.56 Å². The Labute approximate surface area is 204 Å². The van der Waals surface area contributed by atoms with Gasteiger partial charge in [-0.1, -0.05) is 41.9 Å². The number of halogens is 1. The predicted octanol–water partition coefficient (Wildman–Crippen LogP) is 2.27. The maximum absolute atomic E-state index is 12.6. The molecular weight excluding hydrogens is 452 g/mol. The van der Waals surface area contributed by atoms with Gasteiger partial charge in [0, 0.05) is 64.8 Å². The highest BCUT2D eigenvalue weighted by Gasteiger charge is 2.19. The van der Waals surface area contributed by atoms with Crippen LogP contribution in [-0.2, 0) is 13.1 Å². The molecule has 178 valence electrons. The summed E-state index contributed by atoms with van der Waals surface area (Å²) in [5, 5.41) is 6.07.